The smallest absolute Gasteiger partial charge is 0.261 e. The lowest BCUT2D eigenvalue weighted by Crippen LogP contribution is -2.31. The van der Waals surface area contributed by atoms with E-state index in [1.54, 1.807) is 24.3 Å². The van der Waals surface area contributed by atoms with Crippen LogP contribution in [0.1, 0.15) is 34.1 Å². The molecule has 0 spiro atoms. The molecule has 1 aliphatic heterocycles. The van der Waals surface area contributed by atoms with Crippen molar-refractivity contribution in [2.75, 3.05) is 6.54 Å². The average Bonchev–Trinajstić information content (AvgIpc) is 2.55. The molecule has 0 bridgehead atoms. The van der Waals surface area contributed by atoms with Gasteiger partial charge in [-0.3, -0.25) is 14.5 Å². The van der Waals surface area contributed by atoms with Gasteiger partial charge in [0.05, 0.1) is 11.1 Å². The van der Waals surface area contributed by atoms with Crippen LogP contribution in [0.4, 0.5) is 0 Å². The molecular weight excluding hydrogens is 202 g/mol. The van der Waals surface area contributed by atoms with Crippen molar-refractivity contribution in [1.82, 2.24) is 4.90 Å². The summed E-state index contributed by atoms with van der Waals surface area (Å²) in [7, 11) is 0. The number of nitrogens with zero attached hydrogens (tertiary/aromatic N) is 1. The Morgan fingerprint density at radius 2 is 1.69 bits per heavy atom. The molecule has 3 heteroatoms. The Morgan fingerprint density at radius 3 is 2.12 bits per heavy atom. The summed E-state index contributed by atoms with van der Waals surface area (Å²) in [6, 6.07) is 6.90. The van der Waals surface area contributed by atoms with Crippen LogP contribution in [-0.2, 0) is 0 Å². The topological polar surface area (TPSA) is 37.4 Å². The second-order valence-electron chi connectivity index (χ2n) is 3.85. The second kappa shape index (κ2) is 3.93. The van der Waals surface area contributed by atoms with E-state index in [1.165, 1.54) is 4.90 Å². The normalized spacial score (nSPS) is 14.2. The van der Waals surface area contributed by atoms with Gasteiger partial charge < -0.3 is 0 Å². The molecule has 0 aromatic heterocycles. The predicted octanol–water partition coefficient (Wildman–Crippen LogP) is 2.25. The quantitative estimate of drug-likeness (QED) is 0.573. The van der Waals surface area contributed by atoms with Crippen LogP contribution in [-0.4, -0.2) is 23.3 Å². The van der Waals surface area contributed by atoms with Crippen molar-refractivity contribution >= 4 is 11.8 Å². The molecule has 0 aliphatic carbocycles. The number of fused-ring (bicyclic) bond motifs is 1. The van der Waals surface area contributed by atoms with Gasteiger partial charge in [0.15, 0.2) is 0 Å². The van der Waals surface area contributed by atoms with Crippen LogP contribution >= 0.6 is 0 Å². The Kier molecular flexibility index (Phi) is 2.60. The first kappa shape index (κ1) is 10.6. The highest BCUT2D eigenvalue weighted by atomic mass is 16.2. The zero-order valence-corrected chi connectivity index (χ0v) is 9.19. The van der Waals surface area contributed by atoms with E-state index < -0.39 is 0 Å². The van der Waals surface area contributed by atoms with E-state index in [0.29, 0.717) is 17.7 Å². The van der Waals surface area contributed by atoms with Gasteiger partial charge in [-0.15, -0.1) is 0 Å². The van der Waals surface area contributed by atoms with Crippen molar-refractivity contribution in [3.8, 4) is 0 Å². The summed E-state index contributed by atoms with van der Waals surface area (Å²) in [5, 5.41) is 0. The Balaban J connectivity index is 2.32. The van der Waals surface area contributed by atoms with E-state index in [-0.39, 0.29) is 11.8 Å². The minimum absolute atomic E-state index is 0.213. The molecule has 1 aromatic rings. The molecule has 0 N–H and O–H groups in total. The minimum Gasteiger partial charge on any atom is -0.270 e. The molecule has 1 heterocycles. The molecule has 2 amide bonds. The Labute approximate surface area is 94.4 Å². The van der Waals surface area contributed by atoms with Gasteiger partial charge in [0.1, 0.15) is 0 Å². The van der Waals surface area contributed by atoms with Gasteiger partial charge in [-0.25, -0.2) is 0 Å². The van der Waals surface area contributed by atoms with Crippen molar-refractivity contribution in [3.05, 3.63) is 47.5 Å². The second-order valence-corrected chi connectivity index (χ2v) is 3.85. The average molecular weight is 215 g/mol. The van der Waals surface area contributed by atoms with Crippen LogP contribution in [0.5, 0.6) is 0 Å². The molecule has 0 fully saturated rings. The summed E-state index contributed by atoms with van der Waals surface area (Å²) in [4.78, 5) is 25.1. The van der Waals surface area contributed by atoms with E-state index in [4.69, 9.17) is 0 Å². The van der Waals surface area contributed by atoms with Gasteiger partial charge in [-0.2, -0.15) is 0 Å². The van der Waals surface area contributed by atoms with Crippen molar-refractivity contribution in [2.24, 2.45) is 0 Å². The number of carbonyl (C=O) groups is 2. The van der Waals surface area contributed by atoms with E-state index in [0.717, 1.165) is 12.0 Å². The number of benzene rings is 1. The number of hydrogen-bond donors (Lipinski definition) is 0. The monoisotopic (exact) mass is 215 g/mol. The predicted molar refractivity (Wildman–Crippen MR) is 61.2 cm³/mol. The largest absolute Gasteiger partial charge is 0.270 e. The summed E-state index contributed by atoms with van der Waals surface area (Å²) in [5.74, 6) is -0.426. The molecule has 0 radical (unpaired) electrons. The Morgan fingerprint density at radius 1 is 1.19 bits per heavy atom. The SMILES string of the molecule is C=C(CC)CN1C(=O)c2ccccc2C1=O. The molecule has 0 atom stereocenters. The standard InChI is InChI=1S/C13H13NO2/c1-3-9(2)8-14-12(15)10-6-4-5-7-11(10)13(14)16/h4-7H,2-3,8H2,1H3. The molecule has 16 heavy (non-hydrogen) atoms. The third-order valence-electron chi connectivity index (χ3n) is 2.76. The van der Waals surface area contributed by atoms with E-state index in [9.17, 15) is 9.59 Å². The van der Waals surface area contributed by atoms with Gasteiger partial charge in [-0.1, -0.05) is 31.2 Å². The maximum atomic E-state index is 11.9. The van der Waals surface area contributed by atoms with Gasteiger partial charge in [-0.05, 0) is 18.6 Å². The van der Waals surface area contributed by atoms with Gasteiger partial charge in [0, 0.05) is 6.54 Å². The Bertz CT molecular complexity index is 442. The van der Waals surface area contributed by atoms with Crippen LogP contribution in [0.2, 0.25) is 0 Å². The zero-order chi connectivity index (χ0) is 11.7. The maximum Gasteiger partial charge on any atom is 0.261 e. The van der Waals surface area contributed by atoms with Crippen LogP contribution < -0.4 is 0 Å². The summed E-state index contributed by atoms with van der Waals surface area (Å²) in [6.07, 6.45) is 0.771. The first-order valence-electron chi connectivity index (χ1n) is 5.27. The number of hydrogen-bond acceptors (Lipinski definition) is 2. The maximum absolute atomic E-state index is 11.9. The molecule has 0 saturated heterocycles. The molecule has 2 rings (SSSR count). The highest BCUT2D eigenvalue weighted by Gasteiger charge is 2.34. The molecule has 82 valence electrons. The fraction of sp³-hybridized carbons (Fsp3) is 0.231. The third-order valence-corrected chi connectivity index (χ3v) is 2.76. The third kappa shape index (κ3) is 1.54. The van der Waals surface area contributed by atoms with E-state index in [1.807, 2.05) is 6.92 Å². The fourth-order valence-electron chi connectivity index (χ4n) is 1.72. The summed E-state index contributed by atoms with van der Waals surface area (Å²) in [6.45, 7) is 6.10. The molecule has 0 unspecified atom stereocenters. The highest BCUT2D eigenvalue weighted by molar-refractivity contribution is 6.21. The van der Waals surface area contributed by atoms with Gasteiger partial charge in [0.25, 0.3) is 11.8 Å². The van der Waals surface area contributed by atoms with Gasteiger partial charge in [0.2, 0.25) is 0 Å². The van der Waals surface area contributed by atoms with Crippen molar-refractivity contribution < 1.29 is 9.59 Å². The lowest BCUT2D eigenvalue weighted by atomic mass is 10.1. The number of rotatable bonds is 3. The van der Waals surface area contributed by atoms with Crippen molar-refractivity contribution in [3.63, 3.8) is 0 Å². The summed E-state index contributed by atoms with van der Waals surface area (Å²) < 4.78 is 0. The molecule has 1 aromatic carbocycles. The number of carbonyl (C=O) groups excluding carboxylic acids is 2. The number of amides is 2. The van der Waals surface area contributed by atoms with E-state index in [2.05, 4.69) is 6.58 Å². The highest BCUT2D eigenvalue weighted by Crippen LogP contribution is 2.23. The first-order chi connectivity index (χ1) is 7.65. The lowest BCUT2D eigenvalue weighted by molar-refractivity contribution is 0.0667. The first-order valence-corrected chi connectivity index (χ1v) is 5.27. The molecule has 0 saturated carbocycles. The van der Waals surface area contributed by atoms with Crippen LogP contribution in [0.25, 0.3) is 0 Å². The molecule has 1 aliphatic rings. The summed E-state index contributed by atoms with van der Waals surface area (Å²) in [5.41, 5.74) is 1.88. The zero-order valence-electron chi connectivity index (χ0n) is 9.19. The molecule has 3 nitrogen and oxygen atoms in total. The van der Waals surface area contributed by atoms with E-state index >= 15 is 0 Å². The number of imide groups is 1. The van der Waals surface area contributed by atoms with Crippen LogP contribution in [0.3, 0.4) is 0 Å². The van der Waals surface area contributed by atoms with Crippen molar-refractivity contribution in [1.29, 1.82) is 0 Å². The Hall–Kier alpha value is -1.90. The van der Waals surface area contributed by atoms with Crippen molar-refractivity contribution in [2.45, 2.75) is 13.3 Å². The van der Waals surface area contributed by atoms with Crippen LogP contribution in [0.15, 0.2) is 36.4 Å². The van der Waals surface area contributed by atoms with Crippen LogP contribution in [0, 0.1) is 0 Å². The fourth-order valence-corrected chi connectivity index (χ4v) is 1.72. The molecular formula is C13H13NO2. The minimum atomic E-state index is -0.213. The van der Waals surface area contributed by atoms with Gasteiger partial charge >= 0.3 is 0 Å². The summed E-state index contributed by atoms with van der Waals surface area (Å²) >= 11 is 0. The lowest BCUT2D eigenvalue weighted by Gasteiger charge is -2.14.